The number of benzene rings is 2. The van der Waals surface area contributed by atoms with Gasteiger partial charge in [0.25, 0.3) is 0 Å². The van der Waals surface area contributed by atoms with Crippen molar-refractivity contribution in [2.75, 3.05) is 12.5 Å². The van der Waals surface area contributed by atoms with Gasteiger partial charge in [-0.3, -0.25) is 0 Å². The highest BCUT2D eigenvalue weighted by molar-refractivity contribution is 5.90. The van der Waals surface area contributed by atoms with E-state index < -0.39 is 0 Å². The van der Waals surface area contributed by atoms with Crippen LogP contribution in [0.2, 0.25) is 0 Å². The van der Waals surface area contributed by atoms with Gasteiger partial charge in [-0.05, 0) is 41.5 Å². The number of allylic oxidation sites excluding steroid dienone is 1. The Bertz CT molecular complexity index is 712. The largest absolute Gasteiger partial charge is 0.454 e. The molecule has 0 atom stereocenters. The van der Waals surface area contributed by atoms with E-state index in [0.29, 0.717) is 17.0 Å². The predicted molar refractivity (Wildman–Crippen MR) is 76.9 cm³/mol. The summed E-state index contributed by atoms with van der Waals surface area (Å²) < 4.78 is 10.6. The minimum atomic E-state index is 0.242. The smallest absolute Gasteiger partial charge is 0.231 e. The number of anilines is 1. The maximum Gasteiger partial charge on any atom is 0.231 e. The molecule has 4 heteroatoms. The molecule has 0 fully saturated rings. The second kappa shape index (κ2) is 4.98. The standard InChI is InChI=1S/C16H12N2O2/c17-9-13(12-2-4-14(18)5-3-12)7-11-1-6-15-16(8-11)20-10-19-15/h1-8H,10,18H2. The quantitative estimate of drug-likeness (QED) is 0.514. The number of nitriles is 1. The minimum absolute atomic E-state index is 0.242. The number of nitrogens with two attached hydrogens (primary N) is 1. The second-order valence-corrected chi connectivity index (χ2v) is 4.40. The number of rotatable bonds is 2. The Morgan fingerprint density at radius 3 is 2.60 bits per heavy atom. The van der Waals surface area contributed by atoms with E-state index in [4.69, 9.17) is 15.2 Å². The Balaban J connectivity index is 1.97. The van der Waals surface area contributed by atoms with Crippen LogP contribution in [0.5, 0.6) is 11.5 Å². The summed E-state index contributed by atoms with van der Waals surface area (Å²) in [5, 5.41) is 9.30. The summed E-state index contributed by atoms with van der Waals surface area (Å²) >= 11 is 0. The summed E-state index contributed by atoms with van der Waals surface area (Å²) in [6.45, 7) is 0.242. The van der Waals surface area contributed by atoms with Gasteiger partial charge < -0.3 is 15.2 Å². The van der Waals surface area contributed by atoms with Gasteiger partial charge in [-0.15, -0.1) is 0 Å². The van der Waals surface area contributed by atoms with E-state index in [9.17, 15) is 5.26 Å². The SMILES string of the molecule is N#CC(=Cc1ccc2c(c1)OCO2)c1ccc(N)cc1. The lowest BCUT2D eigenvalue weighted by Gasteiger charge is -2.02. The van der Waals surface area contributed by atoms with Crippen molar-refractivity contribution in [2.45, 2.75) is 0 Å². The zero-order chi connectivity index (χ0) is 13.9. The molecule has 2 aromatic rings. The zero-order valence-electron chi connectivity index (χ0n) is 10.7. The molecule has 0 spiro atoms. The summed E-state index contributed by atoms with van der Waals surface area (Å²) in [6.07, 6.45) is 1.81. The maximum atomic E-state index is 9.30. The first-order valence-electron chi connectivity index (χ1n) is 6.13. The van der Waals surface area contributed by atoms with Crippen molar-refractivity contribution < 1.29 is 9.47 Å². The van der Waals surface area contributed by atoms with Gasteiger partial charge >= 0.3 is 0 Å². The molecule has 0 saturated heterocycles. The van der Waals surface area contributed by atoms with Crippen molar-refractivity contribution in [2.24, 2.45) is 0 Å². The molecule has 0 bridgehead atoms. The Hall–Kier alpha value is -2.93. The van der Waals surface area contributed by atoms with Crippen molar-refractivity contribution in [3.63, 3.8) is 0 Å². The van der Waals surface area contributed by atoms with E-state index in [2.05, 4.69) is 6.07 Å². The highest BCUT2D eigenvalue weighted by Gasteiger charge is 2.12. The number of nitrogens with zero attached hydrogens (tertiary/aromatic N) is 1. The van der Waals surface area contributed by atoms with Gasteiger partial charge in [0.1, 0.15) is 0 Å². The molecule has 0 radical (unpaired) electrons. The maximum absolute atomic E-state index is 9.30. The topological polar surface area (TPSA) is 68.3 Å². The third-order valence-corrected chi connectivity index (χ3v) is 3.05. The molecule has 0 amide bonds. The predicted octanol–water partition coefficient (Wildman–Crippen LogP) is 3.06. The third-order valence-electron chi connectivity index (χ3n) is 3.05. The van der Waals surface area contributed by atoms with Crippen LogP contribution in [0, 0.1) is 11.3 Å². The summed E-state index contributed by atoms with van der Waals surface area (Å²) in [5.74, 6) is 1.43. The van der Waals surface area contributed by atoms with E-state index in [0.717, 1.165) is 16.9 Å². The molecular weight excluding hydrogens is 252 g/mol. The molecular formula is C16H12N2O2. The first-order valence-corrected chi connectivity index (χ1v) is 6.13. The summed E-state index contributed by atoms with van der Waals surface area (Å²) in [5.41, 5.74) is 8.62. The molecule has 0 unspecified atom stereocenters. The summed E-state index contributed by atoms with van der Waals surface area (Å²) in [4.78, 5) is 0. The average Bonchev–Trinajstić information content (AvgIpc) is 2.93. The normalized spacial score (nSPS) is 13.1. The lowest BCUT2D eigenvalue weighted by Crippen LogP contribution is -1.92. The Morgan fingerprint density at radius 2 is 1.85 bits per heavy atom. The second-order valence-electron chi connectivity index (χ2n) is 4.40. The fourth-order valence-corrected chi connectivity index (χ4v) is 2.01. The van der Waals surface area contributed by atoms with Crippen LogP contribution in [0.25, 0.3) is 11.6 Å². The van der Waals surface area contributed by atoms with Crippen molar-refractivity contribution in [1.82, 2.24) is 0 Å². The van der Waals surface area contributed by atoms with Crippen LogP contribution < -0.4 is 15.2 Å². The third kappa shape index (κ3) is 2.29. The molecule has 2 aromatic carbocycles. The van der Waals surface area contributed by atoms with Gasteiger partial charge in [0.05, 0.1) is 11.6 Å². The van der Waals surface area contributed by atoms with Crippen LogP contribution in [0.1, 0.15) is 11.1 Å². The van der Waals surface area contributed by atoms with Gasteiger partial charge in [0, 0.05) is 5.69 Å². The van der Waals surface area contributed by atoms with Crippen LogP contribution >= 0.6 is 0 Å². The van der Waals surface area contributed by atoms with Gasteiger partial charge in [-0.2, -0.15) is 5.26 Å². The van der Waals surface area contributed by atoms with Crippen LogP contribution in [-0.4, -0.2) is 6.79 Å². The van der Waals surface area contributed by atoms with E-state index in [1.807, 2.05) is 36.4 Å². The Labute approximate surface area is 116 Å². The number of fused-ring (bicyclic) bond motifs is 1. The lowest BCUT2D eigenvalue weighted by molar-refractivity contribution is 0.174. The van der Waals surface area contributed by atoms with Crippen LogP contribution in [0.15, 0.2) is 42.5 Å². The molecule has 98 valence electrons. The monoisotopic (exact) mass is 264 g/mol. The molecule has 1 aliphatic heterocycles. The first kappa shape index (κ1) is 12.1. The molecule has 0 aromatic heterocycles. The summed E-state index contributed by atoms with van der Waals surface area (Å²) in [7, 11) is 0. The molecule has 1 heterocycles. The van der Waals surface area contributed by atoms with Gasteiger partial charge in [-0.25, -0.2) is 0 Å². The average molecular weight is 264 g/mol. The minimum Gasteiger partial charge on any atom is -0.454 e. The Morgan fingerprint density at radius 1 is 1.10 bits per heavy atom. The van der Waals surface area contributed by atoms with E-state index in [-0.39, 0.29) is 6.79 Å². The number of hydrogen-bond donors (Lipinski definition) is 1. The van der Waals surface area contributed by atoms with E-state index in [1.165, 1.54) is 0 Å². The first-order chi connectivity index (χ1) is 9.76. The van der Waals surface area contributed by atoms with Crippen LogP contribution in [-0.2, 0) is 0 Å². The van der Waals surface area contributed by atoms with Gasteiger partial charge in [0.2, 0.25) is 6.79 Å². The van der Waals surface area contributed by atoms with Crippen LogP contribution in [0.4, 0.5) is 5.69 Å². The van der Waals surface area contributed by atoms with Gasteiger partial charge in [-0.1, -0.05) is 18.2 Å². The number of nitrogen functional groups attached to an aromatic ring is 1. The van der Waals surface area contributed by atoms with Crippen molar-refractivity contribution in [3.05, 3.63) is 53.6 Å². The number of ether oxygens (including phenoxy) is 2. The van der Waals surface area contributed by atoms with Crippen molar-refractivity contribution in [1.29, 1.82) is 5.26 Å². The highest BCUT2D eigenvalue weighted by Crippen LogP contribution is 2.33. The molecule has 20 heavy (non-hydrogen) atoms. The highest BCUT2D eigenvalue weighted by atomic mass is 16.7. The lowest BCUT2D eigenvalue weighted by atomic mass is 10.0. The van der Waals surface area contributed by atoms with Crippen molar-refractivity contribution in [3.8, 4) is 17.6 Å². The van der Waals surface area contributed by atoms with Crippen molar-refractivity contribution >= 4 is 17.3 Å². The molecule has 0 saturated carbocycles. The molecule has 0 aliphatic carbocycles. The molecule has 3 rings (SSSR count). The molecule has 4 nitrogen and oxygen atoms in total. The summed E-state index contributed by atoms with van der Waals surface area (Å²) in [6, 6.07) is 15.0. The van der Waals surface area contributed by atoms with E-state index >= 15 is 0 Å². The van der Waals surface area contributed by atoms with E-state index in [1.54, 1.807) is 12.1 Å². The zero-order valence-corrected chi connectivity index (χ0v) is 10.7. The fourth-order valence-electron chi connectivity index (χ4n) is 2.01. The molecule has 1 aliphatic rings. The van der Waals surface area contributed by atoms with Crippen LogP contribution in [0.3, 0.4) is 0 Å². The number of hydrogen-bond acceptors (Lipinski definition) is 4. The molecule has 2 N–H and O–H groups in total. The fraction of sp³-hybridized carbons (Fsp3) is 0.0625. The van der Waals surface area contributed by atoms with Gasteiger partial charge in [0.15, 0.2) is 11.5 Å². The Kier molecular flexibility index (Phi) is 3.02.